The molecule has 0 saturated carbocycles. The minimum Gasteiger partial charge on any atom is -0.508 e. The van der Waals surface area contributed by atoms with Crippen LogP contribution in [0.15, 0.2) is 24.3 Å². The molecule has 0 aromatic heterocycles. The van der Waals surface area contributed by atoms with Gasteiger partial charge in [-0.25, -0.2) is 0 Å². The fourth-order valence-corrected chi connectivity index (χ4v) is 2.17. The average molecular weight is 270 g/mol. The third kappa shape index (κ3) is 4.22. The van der Waals surface area contributed by atoms with Gasteiger partial charge in [0.05, 0.1) is 6.42 Å². The number of hydrogen-bond donors (Lipinski definition) is 2. The second-order valence-electron chi connectivity index (χ2n) is 4.71. The standard InChI is InChI=1S/C14H20ClNO2/c1-3-14(2,8-9-15)16-13(18)10-11-6-4-5-7-12(11)17/h4-7,17H,3,8-10H2,1-2H3,(H,16,18). The molecule has 0 bridgehead atoms. The quantitative estimate of drug-likeness (QED) is 0.780. The summed E-state index contributed by atoms with van der Waals surface area (Å²) in [7, 11) is 0. The molecule has 1 atom stereocenters. The van der Waals surface area contributed by atoms with Crippen LogP contribution in [0.2, 0.25) is 0 Å². The average Bonchev–Trinajstić information content (AvgIpc) is 2.32. The predicted octanol–water partition coefficient (Wildman–Crippen LogP) is 2.85. The largest absolute Gasteiger partial charge is 0.508 e. The Morgan fingerprint density at radius 3 is 2.67 bits per heavy atom. The van der Waals surface area contributed by atoms with Gasteiger partial charge in [0.25, 0.3) is 0 Å². The fourth-order valence-electron chi connectivity index (χ4n) is 1.75. The van der Waals surface area contributed by atoms with Crippen molar-refractivity contribution in [3.8, 4) is 5.75 Å². The summed E-state index contributed by atoms with van der Waals surface area (Å²) in [5.41, 5.74) is 0.364. The van der Waals surface area contributed by atoms with Crippen molar-refractivity contribution in [2.24, 2.45) is 0 Å². The Morgan fingerprint density at radius 1 is 1.44 bits per heavy atom. The van der Waals surface area contributed by atoms with Crippen molar-refractivity contribution in [1.29, 1.82) is 0 Å². The molecule has 1 rings (SSSR count). The number of para-hydroxylation sites is 1. The number of nitrogens with one attached hydrogen (secondary N) is 1. The van der Waals surface area contributed by atoms with Crippen molar-refractivity contribution in [3.05, 3.63) is 29.8 Å². The molecule has 0 aliphatic heterocycles. The zero-order valence-electron chi connectivity index (χ0n) is 10.9. The molecule has 1 aromatic rings. The molecule has 18 heavy (non-hydrogen) atoms. The summed E-state index contributed by atoms with van der Waals surface area (Å²) < 4.78 is 0. The van der Waals surface area contributed by atoms with Gasteiger partial charge in [-0.15, -0.1) is 11.6 Å². The Hall–Kier alpha value is -1.22. The van der Waals surface area contributed by atoms with E-state index >= 15 is 0 Å². The van der Waals surface area contributed by atoms with E-state index < -0.39 is 0 Å². The lowest BCUT2D eigenvalue weighted by Crippen LogP contribution is -2.46. The second-order valence-corrected chi connectivity index (χ2v) is 5.08. The van der Waals surface area contributed by atoms with Gasteiger partial charge in [-0.2, -0.15) is 0 Å². The van der Waals surface area contributed by atoms with Crippen LogP contribution < -0.4 is 5.32 Å². The summed E-state index contributed by atoms with van der Waals surface area (Å²) in [6.45, 7) is 4.00. The number of rotatable bonds is 6. The maximum atomic E-state index is 11.9. The topological polar surface area (TPSA) is 49.3 Å². The summed E-state index contributed by atoms with van der Waals surface area (Å²) in [5.74, 6) is 0.579. The van der Waals surface area contributed by atoms with Crippen LogP contribution in [0.3, 0.4) is 0 Å². The Labute approximate surface area is 113 Å². The summed E-state index contributed by atoms with van der Waals surface area (Å²) in [6, 6.07) is 6.88. The minimum atomic E-state index is -0.275. The maximum absolute atomic E-state index is 11.9. The zero-order chi connectivity index (χ0) is 13.6. The van der Waals surface area contributed by atoms with Crippen LogP contribution in [0.4, 0.5) is 0 Å². The van der Waals surface area contributed by atoms with E-state index in [0.29, 0.717) is 11.4 Å². The highest BCUT2D eigenvalue weighted by atomic mass is 35.5. The van der Waals surface area contributed by atoms with Crippen LogP contribution >= 0.6 is 11.6 Å². The van der Waals surface area contributed by atoms with E-state index in [1.165, 1.54) is 0 Å². The van der Waals surface area contributed by atoms with Crippen LogP contribution in [-0.4, -0.2) is 22.4 Å². The number of hydrogen-bond acceptors (Lipinski definition) is 2. The number of alkyl halides is 1. The van der Waals surface area contributed by atoms with Crippen molar-refractivity contribution >= 4 is 17.5 Å². The number of aromatic hydroxyl groups is 1. The minimum absolute atomic E-state index is 0.0917. The van der Waals surface area contributed by atoms with Crippen LogP contribution in [0.1, 0.15) is 32.3 Å². The third-order valence-corrected chi connectivity index (χ3v) is 3.40. The molecule has 3 nitrogen and oxygen atoms in total. The normalized spacial score (nSPS) is 13.9. The number of benzene rings is 1. The smallest absolute Gasteiger partial charge is 0.224 e. The van der Waals surface area contributed by atoms with Crippen LogP contribution in [0.5, 0.6) is 5.75 Å². The van der Waals surface area contributed by atoms with Crippen LogP contribution in [-0.2, 0) is 11.2 Å². The first-order valence-electron chi connectivity index (χ1n) is 6.14. The van der Waals surface area contributed by atoms with Gasteiger partial charge in [0, 0.05) is 17.0 Å². The molecular weight excluding hydrogens is 250 g/mol. The second kappa shape index (κ2) is 6.64. The van der Waals surface area contributed by atoms with Crippen molar-refractivity contribution in [1.82, 2.24) is 5.32 Å². The summed E-state index contributed by atoms with van der Waals surface area (Å²) >= 11 is 5.74. The number of phenols is 1. The van der Waals surface area contributed by atoms with Gasteiger partial charge < -0.3 is 10.4 Å². The lowest BCUT2D eigenvalue weighted by Gasteiger charge is -2.29. The first-order chi connectivity index (χ1) is 8.50. The molecule has 100 valence electrons. The lowest BCUT2D eigenvalue weighted by atomic mass is 9.95. The van der Waals surface area contributed by atoms with Gasteiger partial charge in [0.1, 0.15) is 5.75 Å². The molecule has 1 aromatic carbocycles. The van der Waals surface area contributed by atoms with E-state index in [9.17, 15) is 9.90 Å². The third-order valence-electron chi connectivity index (χ3n) is 3.21. The van der Waals surface area contributed by atoms with Gasteiger partial charge in [-0.1, -0.05) is 25.1 Å². The van der Waals surface area contributed by atoms with E-state index in [0.717, 1.165) is 12.8 Å². The Morgan fingerprint density at radius 2 is 2.11 bits per heavy atom. The number of carbonyl (C=O) groups is 1. The molecule has 0 heterocycles. The van der Waals surface area contributed by atoms with E-state index in [1.54, 1.807) is 24.3 Å². The number of amides is 1. The predicted molar refractivity (Wildman–Crippen MR) is 74.0 cm³/mol. The first-order valence-corrected chi connectivity index (χ1v) is 6.68. The Bertz CT molecular complexity index is 409. The number of carbonyl (C=O) groups excluding carboxylic acids is 1. The number of phenolic OH excluding ortho intramolecular Hbond substituents is 1. The molecule has 0 fully saturated rings. The van der Waals surface area contributed by atoms with Gasteiger partial charge in [-0.3, -0.25) is 4.79 Å². The molecule has 0 saturated heterocycles. The monoisotopic (exact) mass is 269 g/mol. The van der Waals surface area contributed by atoms with Crippen molar-refractivity contribution in [2.45, 2.75) is 38.6 Å². The van der Waals surface area contributed by atoms with Gasteiger partial charge in [0.2, 0.25) is 5.91 Å². The van der Waals surface area contributed by atoms with E-state index in [1.807, 2.05) is 13.8 Å². The molecule has 2 N–H and O–H groups in total. The van der Waals surface area contributed by atoms with Crippen molar-refractivity contribution < 1.29 is 9.90 Å². The highest BCUT2D eigenvalue weighted by molar-refractivity contribution is 6.17. The van der Waals surface area contributed by atoms with Crippen LogP contribution in [0, 0.1) is 0 Å². The maximum Gasteiger partial charge on any atom is 0.224 e. The SMILES string of the molecule is CCC(C)(CCCl)NC(=O)Cc1ccccc1O. The summed E-state index contributed by atoms with van der Waals surface area (Å²) in [4.78, 5) is 11.9. The Balaban J connectivity index is 2.64. The molecule has 0 spiro atoms. The number of halogens is 1. The van der Waals surface area contributed by atoms with E-state index in [4.69, 9.17) is 11.6 Å². The molecule has 0 aliphatic carbocycles. The highest BCUT2D eigenvalue weighted by Crippen LogP contribution is 2.18. The molecule has 1 amide bonds. The summed E-state index contributed by atoms with van der Waals surface area (Å²) in [5, 5.41) is 12.6. The molecular formula is C14H20ClNO2. The first kappa shape index (κ1) is 14.8. The zero-order valence-corrected chi connectivity index (χ0v) is 11.6. The highest BCUT2D eigenvalue weighted by Gasteiger charge is 2.23. The summed E-state index contributed by atoms with van der Waals surface area (Å²) in [6.07, 6.45) is 1.74. The molecule has 0 aliphatic rings. The van der Waals surface area contributed by atoms with Crippen molar-refractivity contribution in [3.63, 3.8) is 0 Å². The lowest BCUT2D eigenvalue weighted by molar-refractivity contribution is -0.122. The van der Waals surface area contributed by atoms with Crippen LogP contribution in [0.25, 0.3) is 0 Å². The van der Waals surface area contributed by atoms with E-state index in [2.05, 4.69) is 5.32 Å². The van der Waals surface area contributed by atoms with Gasteiger partial charge >= 0.3 is 0 Å². The molecule has 0 radical (unpaired) electrons. The van der Waals surface area contributed by atoms with Gasteiger partial charge in [0.15, 0.2) is 0 Å². The van der Waals surface area contributed by atoms with E-state index in [-0.39, 0.29) is 23.6 Å². The Kier molecular flexibility index (Phi) is 5.48. The van der Waals surface area contributed by atoms with Gasteiger partial charge in [-0.05, 0) is 25.8 Å². The molecule has 1 unspecified atom stereocenters. The van der Waals surface area contributed by atoms with Crippen molar-refractivity contribution in [2.75, 3.05) is 5.88 Å². The fraction of sp³-hybridized carbons (Fsp3) is 0.500. The molecule has 4 heteroatoms.